The van der Waals surface area contributed by atoms with Gasteiger partial charge in [0.25, 0.3) is 0 Å². The molecule has 0 atom stereocenters. The summed E-state index contributed by atoms with van der Waals surface area (Å²) in [6.07, 6.45) is 0. The third-order valence-electron chi connectivity index (χ3n) is 2.73. The van der Waals surface area contributed by atoms with Crippen LogP contribution in [-0.4, -0.2) is 34.4 Å². The number of hydrogen-bond acceptors (Lipinski definition) is 6. The first-order valence-electron chi connectivity index (χ1n) is 6.91. The fourth-order valence-electron chi connectivity index (χ4n) is 1.66. The lowest BCUT2D eigenvalue weighted by Crippen LogP contribution is -2.27. The van der Waals surface area contributed by atoms with E-state index in [-0.39, 0.29) is 11.4 Å². The fraction of sp³-hybridized carbons (Fsp3) is 0.400. The fourth-order valence-corrected chi connectivity index (χ4v) is 3.53. The molecule has 2 aromatic rings. The van der Waals surface area contributed by atoms with Crippen molar-refractivity contribution in [2.45, 2.75) is 30.6 Å². The van der Waals surface area contributed by atoms with Crippen LogP contribution in [0.1, 0.15) is 20.8 Å². The number of carbonyl (C=O) groups excluding carboxylic acids is 1. The van der Waals surface area contributed by atoms with Gasteiger partial charge in [-0.3, -0.25) is 4.79 Å². The van der Waals surface area contributed by atoms with Gasteiger partial charge in [0, 0.05) is 18.3 Å². The zero-order valence-corrected chi connectivity index (χ0v) is 14.8. The Morgan fingerprint density at radius 2 is 1.95 bits per heavy atom. The van der Waals surface area contributed by atoms with Gasteiger partial charge in [-0.05, 0) is 32.9 Å². The zero-order chi connectivity index (χ0) is 16.2. The van der Waals surface area contributed by atoms with E-state index in [0.29, 0.717) is 5.75 Å². The quantitative estimate of drug-likeness (QED) is 0.847. The van der Waals surface area contributed by atoms with Crippen LogP contribution in [0.2, 0.25) is 0 Å². The van der Waals surface area contributed by atoms with E-state index in [4.69, 9.17) is 0 Å². The maximum atomic E-state index is 12.2. The standard InChI is InChI=1S/C15H20N4OS2/c1-15(2,3)16-13-17-18-14(22-13)21-10-12(20)19(4)11-8-6-5-7-9-11/h5-9H,10H2,1-4H3,(H,16,17). The molecule has 0 unspecified atom stereocenters. The number of amides is 1. The number of carbonyl (C=O) groups is 1. The van der Waals surface area contributed by atoms with Gasteiger partial charge < -0.3 is 10.2 Å². The van der Waals surface area contributed by atoms with Crippen LogP contribution in [0.3, 0.4) is 0 Å². The Bertz CT molecular complexity index is 622. The molecule has 1 amide bonds. The molecule has 0 aliphatic rings. The lowest BCUT2D eigenvalue weighted by atomic mass is 10.1. The molecule has 1 heterocycles. The van der Waals surface area contributed by atoms with Crippen molar-refractivity contribution in [2.24, 2.45) is 0 Å². The van der Waals surface area contributed by atoms with Gasteiger partial charge >= 0.3 is 0 Å². The summed E-state index contributed by atoms with van der Waals surface area (Å²) in [5.74, 6) is 0.381. The van der Waals surface area contributed by atoms with Crippen molar-refractivity contribution < 1.29 is 4.79 Å². The second-order valence-corrected chi connectivity index (χ2v) is 8.03. The Hall–Kier alpha value is -1.60. The van der Waals surface area contributed by atoms with Gasteiger partial charge in [-0.2, -0.15) is 0 Å². The molecule has 0 aliphatic carbocycles. The average molecular weight is 336 g/mol. The van der Waals surface area contributed by atoms with Crippen LogP contribution < -0.4 is 10.2 Å². The maximum Gasteiger partial charge on any atom is 0.237 e. The first-order chi connectivity index (χ1) is 10.3. The van der Waals surface area contributed by atoms with Gasteiger partial charge in [-0.15, -0.1) is 10.2 Å². The SMILES string of the molecule is CN(C(=O)CSc1nnc(NC(C)(C)C)s1)c1ccccc1. The van der Waals surface area contributed by atoms with Crippen LogP contribution in [-0.2, 0) is 4.79 Å². The van der Waals surface area contributed by atoms with Crippen molar-refractivity contribution in [3.63, 3.8) is 0 Å². The van der Waals surface area contributed by atoms with Gasteiger partial charge in [-0.25, -0.2) is 0 Å². The van der Waals surface area contributed by atoms with Crippen LogP contribution >= 0.6 is 23.1 Å². The van der Waals surface area contributed by atoms with Crippen LogP contribution in [0.25, 0.3) is 0 Å². The molecule has 0 aliphatic heterocycles. The molecule has 118 valence electrons. The number of aromatic nitrogens is 2. The second-order valence-electron chi connectivity index (χ2n) is 5.83. The minimum Gasteiger partial charge on any atom is -0.355 e. The van der Waals surface area contributed by atoms with Gasteiger partial charge in [0.05, 0.1) is 5.75 Å². The third kappa shape index (κ3) is 4.99. The minimum absolute atomic E-state index is 0.0386. The number of benzene rings is 1. The topological polar surface area (TPSA) is 58.1 Å². The Morgan fingerprint density at radius 1 is 1.27 bits per heavy atom. The molecule has 0 spiro atoms. The summed E-state index contributed by atoms with van der Waals surface area (Å²) in [6, 6.07) is 9.60. The van der Waals surface area contributed by atoms with E-state index in [1.165, 1.54) is 23.1 Å². The zero-order valence-electron chi connectivity index (χ0n) is 13.2. The van der Waals surface area contributed by atoms with E-state index in [9.17, 15) is 4.79 Å². The molecule has 0 fully saturated rings. The molecule has 7 heteroatoms. The average Bonchev–Trinajstić information content (AvgIpc) is 2.90. The first-order valence-corrected chi connectivity index (χ1v) is 8.71. The molecule has 1 N–H and O–H groups in total. The lowest BCUT2D eigenvalue weighted by molar-refractivity contribution is -0.115. The number of nitrogens with one attached hydrogen (secondary N) is 1. The third-order valence-corrected chi connectivity index (χ3v) is 4.68. The van der Waals surface area contributed by atoms with Gasteiger partial charge in [-0.1, -0.05) is 41.3 Å². The number of anilines is 2. The summed E-state index contributed by atoms with van der Waals surface area (Å²) in [6.45, 7) is 6.21. The van der Waals surface area contributed by atoms with E-state index in [1.54, 1.807) is 11.9 Å². The molecule has 0 saturated heterocycles. The van der Waals surface area contributed by atoms with Gasteiger partial charge in [0.1, 0.15) is 0 Å². The molecular weight excluding hydrogens is 316 g/mol. The van der Waals surface area contributed by atoms with Gasteiger partial charge in [0.2, 0.25) is 11.0 Å². The highest BCUT2D eigenvalue weighted by atomic mass is 32.2. The molecule has 1 aromatic carbocycles. The summed E-state index contributed by atoms with van der Waals surface area (Å²) in [4.78, 5) is 13.9. The van der Waals surface area contributed by atoms with Crippen molar-refractivity contribution in [1.82, 2.24) is 10.2 Å². The largest absolute Gasteiger partial charge is 0.355 e. The molecule has 1 aromatic heterocycles. The normalized spacial score (nSPS) is 11.3. The highest BCUT2D eigenvalue weighted by Gasteiger charge is 2.15. The first kappa shape index (κ1) is 16.8. The minimum atomic E-state index is -0.0508. The van der Waals surface area contributed by atoms with E-state index < -0.39 is 0 Å². The van der Waals surface area contributed by atoms with Crippen LogP contribution in [0, 0.1) is 0 Å². The Labute approximate surface area is 139 Å². The smallest absolute Gasteiger partial charge is 0.237 e. The molecule has 0 radical (unpaired) electrons. The highest BCUT2D eigenvalue weighted by Crippen LogP contribution is 2.27. The maximum absolute atomic E-state index is 12.2. The number of nitrogens with zero attached hydrogens (tertiary/aromatic N) is 3. The molecular formula is C15H20N4OS2. The number of rotatable bonds is 5. The number of para-hydroxylation sites is 1. The Balaban J connectivity index is 1.89. The van der Waals surface area contributed by atoms with Crippen molar-refractivity contribution >= 4 is 39.8 Å². The Kier molecular flexibility index (Phi) is 5.42. The highest BCUT2D eigenvalue weighted by molar-refractivity contribution is 8.01. The molecule has 2 rings (SSSR count). The van der Waals surface area contributed by atoms with Crippen LogP contribution in [0.4, 0.5) is 10.8 Å². The van der Waals surface area contributed by atoms with Crippen LogP contribution in [0.5, 0.6) is 0 Å². The monoisotopic (exact) mass is 336 g/mol. The van der Waals surface area contributed by atoms with E-state index in [1.807, 2.05) is 30.3 Å². The summed E-state index contributed by atoms with van der Waals surface area (Å²) < 4.78 is 0.793. The molecule has 22 heavy (non-hydrogen) atoms. The number of hydrogen-bond donors (Lipinski definition) is 1. The Morgan fingerprint density at radius 3 is 2.59 bits per heavy atom. The van der Waals surface area contributed by atoms with E-state index >= 15 is 0 Å². The summed E-state index contributed by atoms with van der Waals surface area (Å²) in [7, 11) is 1.78. The van der Waals surface area contributed by atoms with E-state index in [0.717, 1.165) is 15.2 Å². The predicted octanol–water partition coefficient (Wildman–Crippen LogP) is 3.50. The summed E-state index contributed by atoms with van der Waals surface area (Å²) >= 11 is 2.88. The number of thioether (sulfide) groups is 1. The van der Waals surface area contributed by atoms with Crippen LogP contribution in [0.15, 0.2) is 34.7 Å². The van der Waals surface area contributed by atoms with Crippen molar-refractivity contribution in [3.8, 4) is 0 Å². The van der Waals surface area contributed by atoms with Crippen molar-refractivity contribution in [1.29, 1.82) is 0 Å². The molecule has 5 nitrogen and oxygen atoms in total. The molecule has 0 bridgehead atoms. The van der Waals surface area contributed by atoms with E-state index in [2.05, 4.69) is 36.3 Å². The molecule has 0 saturated carbocycles. The van der Waals surface area contributed by atoms with Crippen molar-refractivity contribution in [2.75, 3.05) is 23.0 Å². The van der Waals surface area contributed by atoms with Gasteiger partial charge in [0.15, 0.2) is 4.34 Å². The predicted molar refractivity (Wildman–Crippen MR) is 93.9 cm³/mol. The second kappa shape index (κ2) is 7.11. The van der Waals surface area contributed by atoms with Crippen molar-refractivity contribution in [3.05, 3.63) is 30.3 Å². The lowest BCUT2D eigenvalue weighted by Gasteiger charge is -2.18. The summed E-state index contributed by atoms with van der Waals surface area (Å²) in [5, 5.41) is 12.2. The summed E-state index contributed by atoms with van der Waals surface area (Å²) in [5.41, 5.74) is 0.839.